The molecule has 0 amide bonds. The van der Waals surface area contributed by atoms with Crippen molar-refractivity contribution >= 4 is 6.21 Å². The third kappa shape index (κ3) is 3.66. The van der Waals surface area contributed by atoms with Gasteiger partial charge in [0.1, 0.15) is 0 Å². The molecule has 1 N–H and O–H groups in total. The third-order valence-corrected chi connectivity index (χ3v) is 1.47. The maximum atomic E-state index is 6.72. The van der Waals surface area contributed by atoms with E-state index < -0.39 is 0 Å². The molecule has 13 heavy (non-hydrogen) atoms. The van der Waals surface area contributed by atoms with E-state index >= 15 is 0 Å². The first kappa shape index (κ1) is 9.67. The molecule has 0 saturated heterocycles. The molecule has 0 radical (unpaired) electrons. The number of ether oxygens (including phenoxy) is 1. The van der Waals surface area contributed by atoms with E-state index in [1.165, 1.54) is 6.21 Å². The van der Waals surface area contributed by atoms with Crippen molar-refractivity contribution < 1.29 is 4.74 Å². The summed E-state index contributed by atoms with van der Waals surface area (Å²) in [6, 6.07) is 0. The first-order valence-electron chi connectivity index (χ1n) is 4.04. The monoisotopic (exact) mass is 179 g/mol. The predicted molar refractivity (Wildman–Crippen MR) is 50.8 cm³/mol. The molecule has 1 aromatic rings. The lowest BCUT2D eigenvalue weighted by Crippen LogP contribution is -1.91. The lowest BCUT2D eigenvalue weighted by molar-refractivity contribution is 0.148. The molecular formula is C9H13N3O. The summed E-state index contributed by atoms with van der Waals surface area (Å²) < 4.78 is 7.03. The Labute approximate surface area is 77.3 Å². The number of allylic oxidation sites excluding steroid dienone is 1. The summed E-state index contributed by atoms with van der Waals surface area (Å²) in [6.07, 6.45) is 8.36. The van der Waals surface area contributed by atoms with Crippen LogP contribution < -0.4 is 0 Å². The first-order chi connectivity index (χ1) is 6.33. The van der Waals surface area contributed by atoms with Crippen LogP contribution in [0.5, 0.6) is 0 Å². The van der Waals surface area contributed by atoms with Crippen LogP contribution in [0.25, 0.3) is 0 Å². The summed E-state index contributed by atoms with van der Waals surface area (Å²) in [5.41, 5.74) is 1.06. The Bertz CT molecular complexity index is 291. The SMILES string of the molecule is Cn1cc(COC/C=C/C=N)cn1. The summed E-state index contributed by atoms with van der Waals surface area (Å²) in [4.78, 5) is 0. The van der Waals surface area contributed by atoms with E-state index in [-0.39, 0.29) is 0 Å². The highest BCUT2D eigenvalue weighted by atomic mass is 16.5. The average molecular weight is 179 g/mol. The Morgan fingerprint density at radius 3 is 3.15 bits per heavy atom. The zero-order valence-corrected chi connectivity index (χ0v) is 7.60. The van der Waals surface area contributed by atoms with Crippen molar-refractivity contribution in [3.63, 3.8) is 0 Å². The Kier molecular flexibility index (Phi) is 3.92. The zero-order chi connectivity index (χ0) is 9.52. The molecule has 0 aromatic carbocycles. The number of aromatic nitrogens is 2. The summed E-state index contributed by atoms with van der Waals surface area (Å²) in [6.45, 7) is 1.10. The highest BCUT2D eigenvalue weighted by molar-refractivity contribution is 5.67. The van der Waals surface area contributed by atoms with Crippen molar-refractivity contribution in [1.82, 2.24) is 9.78 Å². The van der Waals surface area contributed by atoms with Crippen molar-refractivity contribution in [3.8, 4) is 0 Å². The summed E-state index contributed by atoms with van der Waals surface area (Å²) in [5.74, 6) is 0. The van der Waals surface area contributed by atoms with E-state index in [1.54, 1.807) is 23.0 Å². The van der Waals surface area contributed by atoms with E-state index in [2.05, 4.69) is 5.10 Å². The van der Waals surface area contributed by atoms with E-state index in [1.807, 2.05) is 13.2 Å². The fourth-order valence-corrected chi connectivity index (χ4v) is 0.915. The largest absolute Gasteiger partial charge is 0.373 e. The van der Waals surface area contributed by atoms with Crippen LogP contribution in [0.4, 0.5) is 0 Å². The van der Waals surface area contributed by atoms with Crippen LogP contribution in [0, 0.1) is 5.41 Å². The first-order valence-corrected chi connectivity index (χ1v) is 4.04. The van der Waals surface area contributed by atoms with Crippen LogP contribution in [0.15, 0.2) is 24.5 Å². The maximum absolute atomic E-state index is 6.72. The number of nitrogens with one attached hydrogen (secondary N) is 1. The Hall–Kier alpha value is -1.42. The molecule has 0 spiro atoms. The number of hydrogen-bond acceptors (Lipinski definition) is 3. The molecule has 1 heterocycles. The summed E-state index contributed by atoms with van der Waals surface area (Å²) >= 11 is 0. The molecule has 0 saturated carbocycles. The van der Waals surface area contributed by atoms with Crippen LogP contribution in [-0.2, 0) is 18.4 Å². The second-order valence-corrected chi connectivity index (χ2v) is 2.63. The Morgan fingerprint density at radius 1 is 1.69 bits per heavy atom. The van der Waals surface area contributed by atoms with Crippen molar-refractivity contribution in [1.29, 1.82) is 5.41 Å². The van der Waals surface area contributed by atoms with Crippen LogP contribution in [-0.4, -0.2) is 22.6 Å². The van der Waals surface area contributed by atoms with Crippen molar-refractivity contribution in [2.75, 3.05) is 6.61 Å². The van der Waals surface area contributed by atoms with Gasteiger partial charge < -0.3 is 10.1 Å². The smallest absolute Gasteiger partial charge is 0.0751 e. The highest BCUT2D eigenvalue weighted by Crippen LogP contribution is 1.98. The van der Waals surface area contributed by atoms with Gasteiger partial charge >= 0.3 is 0 Å². The van der Waals surface area contributed by atoms with Gasteiger partial charge in [0.05, 0.1) is 19.4 Å². The zero-order valence-electron chi connectivity index (χ0n) is 7.60. The molecule has 0 fully saturated rings. The van der Waals surface area contributed by atoms with Crippen LogP contribution >= 0.6 is 0 Å². The topological polar surface area (TPSA) is 50.9 Å². The van der Waals surface area contributed by atoms with Gasteiger partial charge in [-0.2, -0.15) is 5.10 Å². The highest BCUT2D eigenvalue weighted by Gasteiger charge is 1.93. The molecule has 4 nitrogen and oxygen atoms in total. The van der Waals surface area contributed by atoms with Crippen molar-refractivity contribution in [3.05, 3.63) is 30.1 Å². The fraction of sp³-hybridized carbons (Fsp3) is 0.333. The average Bonchev–Trinajstić information content (AvgIpc) is 2.51. The number of rotatable bonds is 5. The normalized spacial score (nSPS) is 10.8. The maximum Gasteiger partial charge on any atom is 0.0751 e. The van der Waals surface area contributed by atoms with Gasteiger partial charge in [-0.1, -0.05) is 6.08 Å². The quantitative estimate of drug-likeness (QED) is 0.544. The molecule has 70 valence electrons. The second-order valence-electron chi connectivity index (χ2n) is 2.63. The number of nitrogens with zero attached hydrogens (tertiary/aromatic N) is 2. The van der Waals surface area contributed by atoms with Crippen molar-refractivity contribution in [2.45, 2.75) is 6.61 Å². The third-order valence-electron chi connectivity index (χ3n) is 1.47. The molecule has 0 bridgehead atoms. The van der Waals surface area contributed by atoms with E-state index in [0.29, 0.717) is 13.2 Å². The molecule has 1 aromatic heterocycles. The van der Waals surface area contributed by atoms with E-state index in [0.717, 1.165) is 5.56 Å². The van der Waals surface area contributed by atoms with Crippen LogP contribution in [0.3, 0.4) is 0 Å². The second kappa shape index (κ2) is 5.27. The predicted octanol–water partition coefficient (Wildman–Crippen LogP) is 1.14. The minimum absolute atomic E-state index is 0.532. The number of hydrogen-bond donors (Lipinski definition) is 1. The lowest BCUT2D eigenvalue weighted by Gasteiger charge is -1.96. The van der Waals surface area contributed by atoms with Gasteiger partial charge in [-0.15, -0.1) is 0 Å². The van der Waals surface area contributed by atoms with E-state index in [9.17, 15) is 0 Å². The summed E-state index contributed by atoms with van der Waals surface area (Å²) in [7, 11) is 1.87. The molecule has 0 aliphatic rings. The fourth-order valence-electron chi connectivity index (χ4n) is 0.915. The van der Waals surface area contributed by atoms with Crippen molar-refractivity contribution in [2.24, 2.45) is 7.05 Å². The molecule has 0 aliphatic heterocycles. The van der Waals surface area contributed by atoms with Gasteiger partial charge in [-0.3, -0.25) is 4.68 Å². The van der Waals surface area contributed by atoms with E-state index in [4.69, 9.17) is 10.1 Å². The summed E-state index contributed by atoms with van der Waals surface area (Å²) in [5, 5.41) is 10.7. The van der Waals surface area contributed by atoms with Gasteiger partial charge in [-0.25, -0.2) is 0 Å². The lowest BCUT2D eigenvalue weighted by atomic mass is 10.4. The number of aryl methyl sites for hydroxylation is 1. The molecule has 0 atom stereocenters. The van der Waals surface area contributed by atoms with Gasteiger partial charge in [0, 0.05) is 25.0 Å². The molecule has 1 rings (SSSR count). The van der Waals surface area contributed by atoms with Gasteiger partial charge in [0.2, 0.25) is 0 Å². The standard InChI is InChI=1S/C9H13N3O/c1-12-7-9(6-11-12)8-13-5-3-2-4-10/h2-4,6-7,10H,5,8H2,1H3/b3-2+,10-4?. The molecule has 0 aliphatic carbocycles. The molecular weight excluding hydrogens is 166 g/mol. The van der Waals surface area contributed by atoms with Gasteiger partial charge in [-0.05, 0) is 6.08 Å². The minimum atomic E-state index is 0.532. The molecule has 0 unspecified atom stereocenters. The van der Waals surface area contributed by atoms with Gasteiger partial charge in [0.15, 0.2) is 0 Å². The van der Waals surface area contributed by atoms with Crippen LogP contribution in [0.2, 0.25) is 0 Å². The molecule has 4 heteroatoms. The van der Waals surface area contributed by atoms with Gasteiger partial charge in [0.25, 0.3) is 0 Å². The minimum Gasteiger partial charge on any atom is -0.373 e. The van der Waals surface area contributed by atoms with Crippen LogP contribution in [0.1, 0.15) is 5.56 Å². The Balaban J connectivity index is 2.20. The Morgan fingerprint density at radius 2 is 2.54 bits per heavy atom.